The fourth-order valence-corrected chi connectivity index (χ4v) is 17.3. The SMILES string of the molecule is CCCCCC1CCC(C2CCC3(CC2)C(=O)C2(CCC(CCCCC)CC2)[C@H]3F)CC1.CCCCCCC1CCC2(CC1)C(=O)C1(CCC(C3CCC(CCCCC)CC3)CC1)[C@@H]2F. The second-order valence-corrected chi connectivity index (χ2v) is 25.5. The smallest absolute Gasteiger partial charge is 0.151 e. The third-order valence-corrected chi connectivity index (χ3v) is 21.8. The maximum absolute atomic E-state index is 15.9. The minimum absolute atomic E-state index is 0.364. The number of ketones is 2. The first-order valence-electron chi connectivity index (χ1n) is 30.0. The van der Waals surface area contributed by atoms with Crippen LogP contribution in [0.5, 0.6) is 0 Å². The first-order chi connectivity index (χ1) is 31.6. The Labute approximate surface area is 400 Å². The summed E-state index contributed by atoms with van der Waals surface area (Å²) in [5.74, 6) is 7.40. The van der Waals surface area contributed by atoms with Crippen LogP contribution in [0.15, 0.2) is 0 Å². The number of carbonyl (C=O) groups is 2. The van der Waals surface area contributed by atoms with Gasteiger partial charge in [-0.25, -0.2) is 8.78 Å². The lowest BCUT2D eigenvalue weighted by atomic mass is 9.41. The molecule has 374 valence electrons. The summed E-state index contributed by atoms with van der Waals surface area (Å²) in [7, 11) is 0. The van der Waals surface area contributed by atoms with Crippen LogP contribution in [-0.4, -0.2) is 23.9 Å². The molecule has 8 saturated carbocycles. The van der Waals surface area contributed by atoms with E-state index in [-0.39, 0.29) is 0 Å². The number of alkyl halides is 2. The second kappa shape index (κ2) is 24.4. The molecule has 8 rings (SSSR count). The van der Waals surface area contributed by atoms with Gasteiger partial charge in [0, 0.05) is 0 Å². The van der Waals surface area contributed by atoms with Gasteiger partial charge >= 0.3 is 0 Å². The fourth-order valence-electron chi connectivity index (χ4n) is 17.3. The van der Waals surface area contributed by atoms with Crippen molar-refractivity contribution in [3.8, 4) is 0 Å². The van der Waals surface area contributed by atoms with Crippen molar-refractivity contribution >= 4 is 11.6 Å². The zero-order valence-corrected chi connectivity index (χ0v) is 43.3. The Kier molecular flexibility index (Phi) is 19.5. The molecule has 2 nitrogen and oxygen atoms in total. The number of Topliss-reactive ketones (excluding diaryl/α,β-unsaturated/α-hetero) is 2. The molecule has 65 heavy (non-hydrogen) atoms. The van der Waals surface area contributed by atoms with E-state index in [0.29, 0.717) is 11.6 Å². The number of hydrogen-bond donors (Lipinski definition) is 0. The highest BCUT2D eigenvalue weighted by Gasteiger charge is 2.73. The van der Waals surface area contributed by atoms with Gasteiger partial charge in [-0.15, -0.1) is 0 Å². The first kappa shape index (κ1) is 52.0. The van der Waals surface area contributed by atoms with Gasteiger partial charge in [-0.1, -0.05) is 163 Å². The quantitative estimate of drug-likeness (QED) is 0.121. The van der Waals surface area contributed by atoms with E-state index in [0.717, 1.165) is 150 Å². The highest BCUT2D eigenvalue weighted by Crippen LogP contribution is 2.68. The van der Waals surface area contributed by atoms with Gasteiger partial charge in [0.2, 0.25) is 0 Å². The summed E-state index contributed by atoms with van der Waals surface area (Å²) < 4.78 is 31.7. The summed E-state index contributed by atoms with van der Waals surface area (Å²) in [4.78, 5) is 27.0. The van der Waals surface area contributed by atoms with Gasteiger partial charge in [0.1, 0.15) is 12.3 Å². The van der Waals surface area contributed by atoms with Gasteiger partial charge < -0.3 is 0 Å². The van der Waals surface area contributed by atoms with E-state index in [9.17, 15) is 9.59 Å². The standard InChI is InChI=1S/C31H53FO.C30H51FO/c1-3-5-7-9-11-25-16-20-30(21-17-25)28(32)31(29(30)33)22-18-27(19-23-31)26-14-12-24(13-15-26)10-8-6-4-2;1-3-5-7-9-23-11-13-25(14-12-23)26-17-21-30(22-18-26)27(31)29(28(30)32)19-15-24(16-20-29)10-8-6-4-2/h24-28H,3-23H2,1-2H3;23-27H,3-22H2,1-2H3/t24?,25?,26?,27?,28-,30?,31?;23?,24?,25?,26?,27-,29?,30?/m11/s1. The molecule has 0 radical (unpaired) electrons. The van der Waals surface area contributed by atoms with Crippen LogP contribution in [0.1, 0.15) is 291 Å². The summed E-state index contributed by atoms with van der Waals surface area (Å²) in [6.07, 6.45) is 48.2. The summed E-state index contributed by atoms with van der Waals surface area (Å²) in [5, 5.41) is 0. The third-order valence-electron chi connectivity index (χ3n) is 21.8. The normalized spacial score (nSPS) is 41.9. The van der Waals surface area contributed by atoms with Crippen molar-refractivity contribution in [2.75, 3.05) is 0 Å². The summed E-state index contributed by atoms with van der Waals surface area (Å²) in [6, 6.07) is 0. The molecule has 2 atom stereocenters. The lowest BCUT2D eigenvalue weighted by Gasteiger charge is -2.61. The van der Waals surface area contributed by atoms with E-state index in [1.807, 2.05) is 0 Å². The van der Waals surface area contributed by atoms with Crippen molar-refractivity contribution in [3.05, 3.63) is 0 Å². The van der Waals surface area contributed by atoms with Crippen molar-refractivity contribution in [1.82, 2.24) is 0 Å². The Morgan fingerprint density at radius 3 is 0.831 bits per heavy atom. The van der Waals surface area contributed by atoms with Crippen molar-refractivity contribution in [2.24, 2.45) is 69.0 Å². The molecular weight excluding hydrogens is 803 g/mol. The molecule has 8 aliphatic rings. The number of carbonyl (C=O) groups excluding carboxylic acids is 2. The summed E-state index contributed by atoms with van der Waals surface area (Å²) in [5.41, 5.74) is -2.27. The highest BCUT2D eigenvalue weighted by atomic mass is 19.1. The average Bonchev–Trinajstić information content (AvgIpc) is 3.36. The molecule has 4 spiro atoms. The highest BCUT2D eigenvalue weighted by molar-refractivity contribution is 5.99. The monoisotopic (exact) mass is 907 g/mol. The van der Waals surface area contributed by atoms with Crippen molar-refractivity contribution in [3.63, 3.8) is 0 Å². The Morgan fingerprint density at radius 2 is 0.554 bits per heavy atom. The topological polar surface area (TPSA) is 34.1 Å². The Bertz CT molecular complexity index is 1400. The molecule has 0 amide bonds. The number of hydrogen-bond acceptors (Lipinski definition) is 2. The Hall–Kier alpha value is -0.800. The Morgan fingerprint density at radius 1 is 0.323 bits per heavy atom. The van der Waals surface area contributed by atoms with Crippen LogP contribution in [-0.2, 0) is 9.59 Å². The van der Waals surface area contributed by atoms with E-state index in [1.165, 1.54) is 161 Å². The molecule has 0 unspecified atom stereocenters. The molecule has 0 saturated heterocycles. The number of halogens is 2. The molecule has 8 fully saturated rings. The predicted octanol–water partition coefficient (Wildman–Crippen LogP) is 18.8. The van der Waals surface area contributed by atoms with Crippen LogP contribution in [0.2, 0.25) is 0 Å². The molecular formula is C61H104F2O2. The van der Waals surface area contributed by atoms with E-state index >= 15 is 8.78 Å². The van der Waals surface area contributed by atoms with E-state index < -0.39 is 34.0 Å². The van der Waals surface area contributed by atoms with Crippen LogP contribution in [0.3, 0.4) is 0 Å². The zero-order chi connectivity index (χ0) is 45.9. The van der Waals surface area contributed by atoms with E-state index in [4.69, 9.17) is 0 Å². The average molecular weight is 907 g/mol. The minimum Gasteiger partial charge on any atom is -0.298 e. The van der Waals surface area contributed by atoms with Crippen LogP contribution in [0.4, 0.5) is 8.78 Å². The van der Waals surface area contributed by atoms with Gasteiger partial charge in [-0.3, -0.25) is 9.59 Å². The van der Waals surface area contributed by atoms with Crippen LogP contribution in [0, 0.1) is 69.0 Å². The van der Waals surface area contributed by atoms with Gasteiger partial charge in [-0.2, -0.15) is 0 Å². The maximum Gasteiger partial charge on any atom is 0.151 e. The second-order valence-electron chi connectivity index (χ2n) is 25.5. The van der Waals surface area contributed by atoms with Gasteiger partial charge in [0.15, 0.2) is 11.6 Å². The Balaban J connectivity index is 0.000000194. The fraction of sp³-hybridized carbons (Fsp3) is 0.967. The van der Waals surface area contributed by atoms with Gasteiger partial charge in [-0.05, 0) is 176 Å². The molecule has 0 aromatic carbocycles. The number of rotatable bonds is 19. The molecule has 8 aliphatic carbocycles. The molecule has 0 aromatic heterocycles. The third kappa shape index (κ3) is 11.4. The molecule has 0 heterocycles. The molecule has 0 aliphatic heterocycles. The van der Waals surface area contributed by atoms with E-state index in [2.05, 4.69) is 27.7 Å². The van der Waals surface area contributed by atoms with Crippen LogP contribution in [0.25, 0.3) is 0 Å². The van der Waals surface area contributed by atoms with Gasteiger partial charge in [0.25, 0.3) is 0 Å². The van der Waals surface area contributed by atoms with Gasteiger partial charge in [0.05, 0.1) is 21.7 Å². The minimum atomic E-state index is -0.839. The summed E-state index contributed by atoms with van der Waals surface area (Å²) >= 11 is 0. The lowest BCUT2D eigenvalue weighted by Crippen LogP contribution is -2.69. The maximum atomic E-state index is 15.9. The molecule has 0 N–H and O–H groups in total. The van der Waals surface area contributed by atoms with Crippen LogP contribution < -0.4 is 0 Å². The summed E-state index contributed by atoms with van der Waals surface area (Å²) in [6.45, 7) is 9.11. The van der Waals surface area contributed by atoms with Crippen LogP contribution >= 0.6 is 0 Å². The lowest BCUT2D eigenvalue weighted by molar-refractivity contribution is -0.194. The predicted molar refractivity (Wildman–Crippen MR) is 269 cm³/mol. The number of unbranched alkanes of at least 4 members (excludes halogenated alkanes) is 9. The molecule has 4 heteroatoms. The first-order valence-corrected chi connectivity index (χ1v) is 30.0. The van der Waals surface area contributed by atoms with E-state index in [1.54, 1.807) is 0 Å². The largest absolute Gasteiger partial charge is 0.298 e. The van der Waals surface area contributed by atoms with Crippen molar-refractivity contribution < 1.29 is 18.4 Å². The molecule has 0 bridgehead atoms. The molecule has 0 aromatic rings. The van der Waals surface area contributed by atoms with Crippen molar-refractivity contribution in [1.29, 1.82) is 0 Å². The zero-order valence-electron chi connectivity index (χ0n) is 43.3. The van der Waals surface area contributed by atoms with Crippen molar-refractivity contribution in [2.45, 2.75) is 303 Å².